The van der Waals surface area contributed by atoms with E-state index in [9.17, 15) is 14.7 Å². The van der Waals surface area contributed by atoms with Crippen LogP contribution in [0.3, 0.4) is 0 Å². The maximum Gasteiger partial charge on any atom is 0.317 e. The average Bonchev–Trinajstić information content (AvgIpc) is 2.11. The highest BCUT2D eigenvalue weighted by Crippen LogP contribution is 2.07. The van der Waals surface area contributed by atoms with Crippen molar-refractivity contribution in [2.45, 2.75) is 25.9 Å². The summed E-state index contributed by atoms with van der Waals surface area (Å²) in [4.78, 5) is 23.4. The molecule has 1 unspecified atom stereocenters. The van der Waals surface area contributed by atoms with Crippen molar-refractivity contribution in [3.05, 3.63) is 12.2 Å². The van der Waals surface area contributed by atoms with Gasteiger partial charge >= 0.3 is 12.0 Å². The van der Waals surface area contributed by atoms with Gasteiger partial charge in [0.1, 0.15) is 0 Å². The van der Waals surface area contributed by atoms with Crippen LogP contribution in [0.4, 0.5) is 4.79 Å². The first kappa shape index (κ1) is 15.4. The number of aliphatic hydroxyl groups is 1. The van der Waals surface area contributed by atoms with Crippen LogP contribution in [0.1, 0.15) is 20.3 Å². The molecule has 0 aliphatic carbocycles. The lowest BCUT2D eigenvalue weighted by molar-refractivity contribution is -0.141. The molecule has 0 bridgehead atoms. The third-order valence-corrected chi connectivity index (χ3v) is 2.01. The molecule has 0 aromatic rings. The highest BCUT2D eigenvalue weighted by Gasteiger charge is 2.25. The highest BCUT2D eigenvalue weighted by molar-refractivity contribution is 5.74. The number of aliphatic carboxylic acids is 1. The maximum atomic E-state index is 11.5. The molecule has 0 aliphatic rings. The summed E-state index contributed by atoms with van der Waals surface area (Å²) in [5, 5.41) is 20.7. The molecule has 1 atom stereocenters. The van der Waals surface area contributed by atoms with Crippen LogP contribution in [0.25, 0.3) is 0 Å². The second-order valence-electron chi connectivity index (χ2n) is 4.54. The summed E-state index contributed by atoms with van der Waals surface area (Å²) in [5.74, 6) is -1.11. The molecular formula is C11H20N2O4. The standard InChI is InChI=1S/C11H20N2O4/c1-8(2)6-13(4)10(16)12-7-11(3,17)5-9(14)15/h17H,1,5-7H2,2-4H3,(H,12,16)(H,14,15). The Morgan fingerprint density at radius 3 is 2.41 bits per heavy atom. The van der Waals surface area contributed by atoms with Gasteiger partial charge in [0, 0.05) is 20.1 Å². The van der Waals surface area contributed by atoms with Gasteiger partial charge in [0.25, 0.3) is 0 Å². The van der Waals surface area contributed by atoms with Crippen molar-refractivity contribution in [3.8, 4) is 0 Å². The number of carbonyl (C=O) groups excluding carboxylic acids is 1. The average molecular weight is 244 g/mol. The number of hydrogen-bond acceptors (Lipinski definition) is 3. The van der Waals surface area contributed by atoms with E-state index in [1.54, 1.807) is 14.0 Å². The van der Waals surface area contributed by atoms with Gasteiger partial charge in [0.15, 0.2) is 0 Å². The molecule has 6 heteroatoms. The number of carboxylic acid groups (broad SMARTS) is 1. The molecule has 0 aromatic carbocycles. The van der Waals surface area contributed by atoms with Gasteiger partial charge in [-0.05, 0) is 13.8 Å². The zero-order chi connectivity index (χ0) is 13.6. The summed E-state index contributed by atoms with van der Waals surface area (Å²) < 4.78 is 0. The number of nitrogens with one attached hydrogen (secondary N) is 1. The van der Waals surface area contributed by atoms with Crippen molar-refractivity contribution in [3.63, 3.8) is 0 Å². The summed E-state index contributed by atoms with van der Waals surface area (Å²) in [5.41, 5.74) is -0.620. The molecule has 0 fully saturated rings. The molecule has 6 nitrogen and oxygen atoms in total. The Kier molecular flexibility index (Phi) is 5.67. The Bertz CT molecular complexity index is 313. The van der Waals surface area contributed by atoms with Crippen LogP contribution in [-0.2, 0) is 4.79 Å². The summed E-state index contributed by atoms with van der Waals surface area (Å²) in [6, 6.07) is -0.376. The molecular weight excluding hydrogens is 224 g/mol. The topological polar surface area (TPSA) is 89.9 Å². The smallest absolute Gasteiger partial charge is 0.317 e. The van der Waals surface area contributed by atoms with Crippen LogP contribution in [0.2, 0.25) is 0 Å². The normalized spacial score (nSPS) is 13.6. The van der Waals surface area contributed by atoms with E-state index in [0.717, 1.165) is 5.57 Å². The Morgan fingerprint density at radius 1 is 1.47 bits per heavy atom. The van der Waals surface area contributed by atoms with Crippen LogP contribution < -0.4 is 5.32 Å². The lowest BCUT2D eigenvalue weighted by Gasteiger charge is -2.24. The fourth-order valence-electron chi connectivity index (χ4n) is 1.27. The minimum atomic E-state index is -1.45. The molecule has 0 spiro atoms. The second kappa shape index (κ2) is 6.24. The van der Waals surface area contributed by atoms with Crippen molar-refractivity contribution >= 4 is 12.0 Å². The Balaban J connectivity index is 4.14. The Labute approximate surface area is 101 Å². The molecule has 2 amide bonds. The second-order valence-corrected chi connectivity index (χ2v) is 4.54. The minimum Gasteiger partial charge on any atom is -0.481 e. The molecule has 0 aliphatic heterocycles. The van der Waals surface area contributed by atoms with Crippen LogP contribution in [0, 0.1) is 0 Å². The molecule has 98 valence electrons. The molecule has 0 radical (unpaired) electrons. The predicted octanol–water partition coefficient (Wildman–Crippen LogP) is 0.430. The fraction of sp³-hybridized carbons (Fsp3) is 0.636. The maximum absolute atomic E-state index is 11.5. The van der Waals surface area contributed by atoms with Gasteiger partial charge in [0.2, 0.25) is 0 Å². The number of amides is 2. The fourth-order valence-corrected chi connectivity index (χ4v) is 1.27. The summed E-state index contributed by atoms with van der Waals surface area (Å²) in [6.07, 6.45) is -0.419. The van der Waals surface area contributed by atoms with E-state index in [2.05, 4.69) is 11.9 Å². The number of nitrogens with zero attached hydrogens (tertiary/aromatic N) is 1. The van der Waals surface area contributed by atoms with Gasteiger partial charge in [-0.25, -0.2) is 4.79 Å². The van der Waals surface area contributed by atoms with Gasteiger partial charge in [-0.3, -0.25) is 4.79 Å². The van der Waals surface area contributed by atoms with Gasteiger partial charge < -0.3 is 20.4 Å². The molecule has 17 heavy (non-hydrogen) atoms. The number of carboxylic acids is 1. The van der Waals surface area contributed by atoms with E-state index in [1.807, 2.05) is 0 Å². The van der Waals surface area contributed by atoms with Crippen molar-refractivity contribution < 1.29 is 19.8 Å². The van der Waals surface area contributed by atoms with Crippen LogP contribution in [0.15, 0.2) is 12.2 Å². The lowest BCUT2D eigenvalue weighted by Crippen LogP contribution is -2.46. The molecule has 0 aromatic heterocycles. The van der Waals surface area contributed by atoms with E-state index in [0.29, 0.717) is 6.54 Å². The summed E-state index contributed by atoms with van der Waals surface area (Å²) in [7, 11) is 1.59. The molecule has 0 saturated heterocycles. The summed E-state index contributed by atoms with van der Waals surface area (Å²) >= 11 is 0. The van der Waals surface area contributed by atoms with Crippen LogP contribution in [-0.4, -0.2) is 52.9 Å². The van der Waals surface area contributed by atoms with E-state index in [-0.39, 0.29) is 12.6 Å². The quantitative estimate of drug-likeness (QED) is 0.591. The number of rotatable bonds is 6. The first-order valence-corrected chi connectivity index (χ1v) is 5.21. The van der Waals surface area contributed by atoms with Gasteiger partial charge in [0.05, 0.1) is 12.0 Å². The third kappa shape index (κ3) is 7.35. The zero-order valence-electron chi connectivity index (χ0n) is 10.5. The number of likely N-dealkylation sites (N-methyl/N-ethyl adjacent to an activating group) is 1. The monoisotopic (exact) mass is 244 g/mol. The first-order valence-electron chi connectivity index (χ1n) is 5.21. The minimum absolute atomic E-state index is 0.112. The molecule has 3 N–H and O–H groups in total. The van der Waals surface area contributed by atoms with Gasteiger partial charge in [-0.2, -0.15) is 0 Å². The number of urea groups is 1. The van der Waals surface area contributed by atoms with Crippen LogP contribution >= 0.6 is 0 Å². The zero-order valence-corrected chi connectivity index (χ0v) is 10.5. The molecule has 0 heterocycles. The van der Waals surface area contributed by atoms with Crippen molar-refractivity contribution in [1.82, 2.24) is 10.2 Å². The predicted molar refractivity (Wildman–Crippen MR) is 63.7 cm³/mol. The van der Waals surface area contributed by atoms with Crippen LogP contribution in [0.5, 0.6) is 0 Å². The van der Waals surface area contributed by atoms with Crippen molar-refractivity contribution in [2.75, 3.05) is 20.1 Å². The van der Waals surface area contributed by atoms with E-state index in [1.165, 1.54) is 11.8 Å². The van der Waals surface area contributed by atoms with Crippen molar-refractivity contribution in [1.29, 1.82) is 0 Å². The van der Waals surface area contributed by atoms with Gasteiger partial charge in [-0.15, -0.1) is 0 Å². The lowest BCUT2D eigenvalue weighted by atomic mass is 10.0. The number of hydrogen-bond donors (Lipinski definition) is 3. The largest absolute Gasteiger partial charge is 0.481 e. The third-order valence-electron chi connectivity index (χ3n) is 2.01. The summed E-state index contributed by atoms with van der Waals surface area (Å²) in [6.45, 7) is 7.13. The first-order chi connectivity index (χ1) is 7.64. The van der Waals surface area contributed by atoms with E-state index in [4.69, 9.17) is 5.11 Å². The van der Waals surface area contributed by atoms with E-state index < -0.39 is 18.0 Å². The van der Waals surface area contributed by atoms with Gasteiger partial charge in [-0.1, -0.05) is 12.2 Å². The van der Waals surface area contributed by atoms with E-state index >= 15 is 0 Å². The molecule has 0 saturated carbocycles. The Hall–Kier alpha value is -1.56. The molecule has 0 rings (SSSR count). The Morgan fingerprint density at radius 2 is 2.00 bits per heavy atom. The highest BCUT2D eigenvalue weighted by atomic mass is 16.4. The number of carbonyl (C=O) groups is 2. The SMILES string of the molecule is C=C(C)CN(C)C(=O)NCC(C)(O)CC(=O)O. The van der Waals surface area contributed by atoms with Crippen molar-refractivity contribution in [2.24, 2.45) is 0 Å².